The monoisotopic (exact) mass is 933 g/mol. The highest BCUT2D eigenvalue weighted by Gasteiger charge is 2.23. The van der Waals surface area contributed by atoms with Gasteiger partial charge in [0.1, 0.15) is 0 Å². The average molecular weight is 934 g/mol. The molecule has 0 bridgehead atoms. The molecule has 12 aromatic carbocycles. The number of rotatable bonds is 6. The van der Waals surface area contributed by atoms with E-state index in [9.17, 15) is 0 Å². The molecular weight excluding hydrogens is 891 g/mol. The van der Waals surface area contributed by atoms with Gasteiger partial charge < -0.3 is 4.57 Å². The molecule has 0 spiro atoms. The Morgan fingerprint density at radius 2 is 0.746 bits per heavy atom. The van der Waals surface area contributed by atoms with Gasteiger partial charge in [-0.15, -0.1) is 11.3 Å². The number of hydrogen-bond acceptors (Lipinski definition) is 1. The SMILES string of the molecule is c1ccc2c(-c3ccc(-c4ccc5c(c4)c4cc(-c6ccc(-c7cccc8ccccc78)cc6)ccc4n5-c4ccc5c(c4)[SiH2]c4cc(-c6cccc7c6sc6ccccc67)ccc4-5)cc3)cccc2c1. The Kier molecular flexibility index (Phi) is 9.07. The molecule has 0 aliphatic carbocycles. The van der Waals surface area contributed by atoms with Crippen LogP contribution in [0.1, 0.15) is 0 Å². The lowest BCUT2D eigenvalue weighted by molar-refractivity contribution is 1.18. The molecule has 14 aromatic rings. The minimum Gasteiger partial charge on any atom is -0.309 e. The second-order valence-electron chi connectivity index (χ2n) is 19.2. The Hall–Kier alpha value is -8.60. The molecule has 0 unspecified atom stereocenters. The number of thiophene rings is 1. The molecule has 0 atom stereocenters. The summed E-state index contributed by atoms with van der Waals surface area (Å²) in [6.07, 6.45) is 0. The summed E-state index contributed by atoms with van der Waals surface area (Å²) in [4.78, 5) is 0. The summed E-state index contributed by atoms with van der Waals surface area (Å²) >= 11 is 1.91. The van der Waals surface area contributed by atoms with Gasteiger partial charge in [-0.05, 0) is 131 Å². The Morgan fingerprint density at radius 3 is 1.38 bits per heavy atom. The van der Waals surface area contributed by atoms with Crippen molar-refractivity contribution in [3.05, 3.63) is 249 Å². The van der Waals surface area contributed by atoms with Gasteiger partial charge in [0.2, 0.25) is 0 Å². The van der Waals surface area contributed by atoms with Crippen molar-refractivity contribution >= 4 is 94.8 Å². The van der Waals surface area contributed by atoms with Crippen molar-refractivity contribution in [1.82, 2.24) is 4.57 Å². The molecule has 2 aromatic heterocycles. The van der Waals surface area contributed by atoms with E-state index >= 15 is 0 Å². The first-order chi connectivity index (χ1) is 35.2. The van der Waals surface area contributed by atoms with Crippen LogP contribution in [0, 0.1) is 0 Å². The minimum absolute atomic E-state index is 0.737. The van der Waals surface area contributed by atoms with Gasteiger partial charge in [-0.25, -0.2) is 0 Å². The standard InChI is InChI=1S/C68H43NSSi/c1-3-14-52-44(10-1)12-7-17-54(52)46-26-22-42(23-27-46)48-31-36-63-61(38-48)62-39-49(43-24-28-47(29-25-43)55-18-8-13-45-11-2-4-15-53(45)55)32-37-64(62)69(63)51-33-35-59-58-34-30-50(40-66(58)71-67(59)41-51)56-19-9-20-60-57-16-5-6-21-65(57)70-68(56)60/h1-41H,71H2. The summed E-state index contributed by atoms with van der Waals surface area (Å²) in [5.41, 5.74) is 18.9. The maximum Gasteiger partial charge on any atom is 0.0892 e. The topological polar surface area (TPSA) is 4.93 Å². The summed E-state index contributed by atoms with van der Waals surface area (Å²) < 4.78 is 5.24. The quantitative estimate of drug-likeness (QED) is 0.146. The first-order valence-corrected chi connectivity index (χ1v) is 26.8. The Labute approximate surface area is 418 Å². The number of nitrogens with zero attached hydrogens (tertiary/aromatic N) is 1. The van der Waals surface area contributed by atoms with E-state index < -0.39 is 9.52 Å². The molecule has 1 aliphatic heterocycles. The van der Waals surface area contributed by atoms with Crippen LogP contribution in [0.15, 0.2) is 249 Å². The smallest absolute Gasteiger partial charge is 0.0892 e. The zero-order valence-electron chi connectivity index (χ0n) is 38.7. The van der Waals surface area contributed by atoms with Crippen LogP contribution in [0.5, 0.6) is 0 Å². The highest BCUT2D eigenvalue weighted by atomic mass is 32.1. The molecule has 71 heavy (non-hydrogen) atoms. The van der Waals surface area contributed by atoms with Crippen LogP contribution < -0.4 is 10.4 Å². The number of benzene rings is 12. The Morgan fingerprint density at radius 1 is 0.282 bits per heavy atom. The van der Waals surface area contributed by atoms with Crippen LogP contribution in [0.3, 0.4) is 0 Å². The maximum atomic E-state index is 2.51. The zero-order valence-corrected chi connectivity index (χ0v) is 41.0. The van der Waals surface area contributed by atoms with E-state index in [1.54, 1.807) is 0 Å². The third kappa shape index (κ3) is 6.51. The first kappa shape index (κ1) is 40.3. The van der Waals surface area contributed by atoms with E-state index in [0.29, 0.717) is 0 Å². The van der Waals surface area contributed by atoms with Crippen LogP contribution in [-0.2, 0) is 0 Å². The van der Waals surface area contributed by atoms with Crippen LogP contribution in [-0.4, -0.2) is 14.1 Å². The van der Waals surface area contributed by atoms with Crippen LogP contribution >= 0.6 is 11.3 Å². The van der Waals surface area contributed by atoms with Crippen molar-refractivity contribution < 1.29 is 0 Å². The highest BCUT2D eigenvalue weighted by Crippen LogP contribution is 2.42. The first-order valence-electron chi connectivity index (χ1n) is 24.6. The van der Waals surface area contributed by atoms with Crippen molar-refractivity contribution in [3.63, 3.8) is 0 Å². The molecule has 0 N–H and O–H groups in total. The lowest BCUT2D eigenvalue weighted by Gasteiger charge is -2.12. The van der Waals surface area contributed by atoms with Gasteiger partial charge in [-0.3, -0.25) is 0 Å². The van der Waals surface area contributed by atoms with Crippen molar-refractivity contribution in [3.8, 4) is 72.4 Å². The van der Waals surface area contributed by atoms with E-state index in [1.807, 2.05) is 11.3 Å². The number of aromatic nitrogens is 1. The predicted molar refractivity (Wildman–Crippen MR) is 309 cm³/mol. The number of fused-ring (bicyclic) bond motifs is 11. The fraction of sp³-hybridized carbons (Fsp3) is 0. The van der Waals surface area contributed by atoms with E-state index in [1.165, 1.54) is 146 Å². The lowest BCUT2D eigenvalue weighted by atomic mass is 9.95. The fourth-order valence-electron chi connectivity index (χ4n) is 11.8. The molecule has 3 heteroatoms. The molecule has 3 heterocycles. The van der Waals surface area contributed by atoms with Crippen molar-refractivity contribution in [2.75, 3.05) is 0 Å². The summed E-state index contributed by atoms with van der Waals surface area (Å²) in [7, 11) is -0.737. The van der Waals surface area contributed by atoms with E-state index in [0.717, 1.165) is 0 Å². The number of hydrogen-bond donors (Lipinski definition) is 0. The molecule has 15 rings (SSSR count). The van der Waals surface area contributed by atoms with E-state index in [4.69, 9.17) is 0 Å². The van der Waals surface area contributed by atoms with Gasteiger partial charge in [-0.2, -0.15) is 0 Å². The molecule has 0 saturated carbocycles. The third-order valence-corrected chi connectivity index (χ3v) is 18.4. The van der Waals surface area contributed by atoms with E-state index in [-0.39, 0.29) is 0 Å². The molecule has 1 aliphatic rings. The second kappa shape index (κ2) is 16.0. The summed E-state index contributed by atoms with van der Waals surface area (Å²) in [5.74, 6) is 0. The summed E-state index contributed by atoms with van der Waals surface area (Å²) in [6.45, 7) is 0. The van der Waals surface area contributed by atoms with E-state index in [2.05, 4.69) is 253 Å². The average Bonchev–Trinajstić information content (AvgIpc) is 4.11. The normalized spacial score (nSPS) is 12.5. The van der Waals surface area contributed by atoms with Gasteiger partial charge in [0.15, 0.2) is 0 Å². The lowest BCUT2D eigenvalue weighted by Crippen LogP contribution is -2.21. The van der Waals surface area contributed by atoms with Gasteiger partial charge in [-0.1, -0.05) is 217 Å². The van der Waals surface area contributed by atoms with Gasteiger partial charge in [0.05, 0.1) is 20.6 Å². The minimum atomic E-state index is -0.737. The Bertz CT molecular complexity index is 4290. The summed E-state index contributed by atoms with van der Waals surface area (Å²) in [6, 6.07) is 93.1. The van der Waals surface area contributed by atoms with Gasteiger partial charge in [0, 0.05) is 36.6 Å². The Balaban J connectivity index is 0.828. The molecule has 0 radical (unpaired) electrons. The second-order valence-corrected chi connectivity index (χ2v) is 22.1. The fourth-order valence-corrected chi connectivity index (χ4v) is 15.1. The molecule has 0 fully saturated rings. The molecule has 1 nitrogen and oxygen atoms in total. The summed E-state index contributed by atoms with van der Waals surface area (Å²) in [5, 5.41) is 13.3. The highest BCUT2D eigenvalue weighted by molar-refractivity contribution is 7.26. The third-order valence-electron chi connectivity index (χ3n) is 15.2. The molecular formula is C68H43NSSi. The largest absolute Gasteiger partial charge is 0.309 e. The van der Waals surface area contributed by atoms with Crippen LogP contribution in [0.4, 0.5) is 0 Å². The molecule has 0 saturated heterocycles. The van der Waals surface area contributed by atoms with Crippen molar-refractivity contribution in [1.29, 1.82) is 0 Å². The van der Waals surface area contributed by atoms with Crippen molar-refractivity contribution in [2.45, 2.75) is 0 Å². The molecule has 330 valence electrons. The molecule has 0 amide bonds. The zero-order chi connectivity index (χ0) is 46.6. The predicted octanol–water partition coefficient (Wildman–Crippen LogP) is 16.9. The van der Waals surface area contributed by atoms with Crippen molar-refractivity contribution in [2.24, 2.45) is 0 Å². The van der Waals surface area contributed by atoms with Crippen LogP contribution in [0.2, 0.25) is 0 Å². The van der Waals surface area contributed by atoms with Gasteiger partial charge >= 0.3 is 0 Å². The van der Waals surface area contributed by atoms with Crippen LogP contribution in [0.25, 0.3) is 136 Å². The van der Waals surface area contributed by atoms with Gasteiger partial charge in [0.25, 0.3) is 0 Å². The maximum absolute atomic E-state index is 2.51.